The Hall–Kier alpha value is -1.22. The van der Waals surface area contributed by atoms with Crippen LogP contribution in [0.2, 0.25) is 0 Å². The van der Waals surface area contributed by atoms with Crippen molar-refractivity contribution in [1.82, 2.24) is 0 Å². The first-order chi connectivity index (χ1) is 9.65. The van der Waals surface area contributed by atoms with Crippen molar-refractivity contribution in [3.63, 3.8) is 0 Å². The molecule has 112 valence electrons. The van der Waals surface area contributed by atoms with Gasteiger partial charge >= 0.3 is 0 Å². The molecule has 0 saturated carbocycles. The third-order valence-corrected chi connectivity index (χ3v) is 3.47. The standard InChI is InChI=1S/C17H25FO2/c1-3-5-6-14(4-2)12-20-13-17(19)11-15-7-9-16(18)10-8-15/h7-10,14H,3-6,11-13H2,1-2H3. The monoisotopic (exact) mass is 280 g/mol. The van der Waals surface area contributed by atoms with Crippen molar-refractivity contribution in [2.75, 3.05) is 13.2 Å². The Kier molecular flexibility index (Phi) is 8.12. The maximum atomic E-state index is 12.7. The second-order valence-corrected chi connectivity index (χ2v) is 5.27. The largest absolute Gasteiger partial charge is 0.373 e. The molecule has 1 rings (SSSR count). The second kappa shape index (κ2) is 9.65. The van der Waals surface area contributed by atoms with Crippen molar-refractivity contribution in [3.05, 3.63) is 35.6 Å². The fraction of sp³-hybridized carbons (Fsp3) is 0.588. The molecule has 1 aromatic carbocycles. The van der Waals surface area contributed by atoms with Crippen molar-refractivity contribution in [2.45, 2.75) is 46.0 Å². The summed E-state index contributed by atoms with van der Waals surface area (Å²) in [6, 6.07) is 6.04. The molecule has 0 saturated heterocycles. The van der Waals surface area contributed by atoms with Crippen LogP contribution in [0, 0.1) is 11.7 Å². The molecule has 0 bridgehead atoms. The Morgan fingerprint density at radius 1 is 1.25 bits per heavy atom. The molecule has 3 heteroatoms. The fourth-order valence-electron chi connectivity index (χ4n) is 2.12. The molecular formula is C17H25FO2. The first kappa shape index (κ1) is 16.8. The first-order valence-electron chi connectivity index (χ1n) is 7.49. The lowest BCUT2D eigenvalue weighted by atomic mass is 10.0. The number of hydrogen-bond donors (Lipinski definition) is 0. The third-order valence-electron chi connectivity index (χ3n) is 3.47. The molecule has 1 unspecified atom stereocenters. The van der Waals surface area contributed by atoms with Gasteiger partial charge in [0.05, 0.1) is 0 Å². The van der Waals surface area contributed by atoms with E-state index in [1.807, 2.05) is 0 Å². The first-order valence-corrected chi connectivity index (χ1v) is 7.49. The van der Waals surface area contributed by atoms with Crippen LogP contribution in [0.15, 0.2) is 24.3 Å². The molecule has 20 heavy (non-hydrogen) atoms. The van der Waals surface area contributed by atoms with Crippen molar-refractivity contribution in [2.24, 2.45) is 5.92 Å². The minimum absolute atomic E-state index is 0.0435. The molecule has 0 aromatic heterocycles. The summed E-state index contributed by atoms with van der Waals surface area (Å²) >= 11 is 0. The summed E-state index contributed by atoms with van der Waals surface area (Å²) in [6.45, 7) is 5.15. The van der Waals surface area contributed by atoms with Gasteiger partial charge in [0, 0.05) is 13.0 Å². The van der Waals surface area contributed by atoms with Crippen molar-refractivity contribution in [1.29, 1.82) is 0 Å². The Bertz CT molecular complexity index is 386. The summed E-state index contributed by atoms with van der Waals surface area (Å²) in [5.74, 6) is 0.315. The van der Waals surface area contributed by atoms with Crippen molar-refractivity contribution >= 4 is 5.78 Å². The molecule has 0 amide bonds. The zero-order chi connectivity index (χ0) is 14.8. The SMILES string of the molecule is CCCCC(CC)COCC(=O)Cc1ccc(F)cc1. The summed E-state index contributed by atoms with van der Waals surface area (Å²) in [7, 11) is 0. The number of Topliss-reactive ketones (excluding diaryl/α,β-unsaturated/α-hetero) is 1. The van der Waals surface area contributed by atoms with E-state index in [-0.39, 0.29) is 18.2 Å². The Morgan fingerprint density at radius 3 is 2.55 bits per heavy atom. The Balaban J connectivity index is 2.23. The number of carbonyl (C=O) groups is 1. The summed E-state index contributed by atoms with van der Waals surface area (Å²) in [5.41, 5.74) is 0.832. The number of hydrogen-bond acceptors (Lipinski definition) is 2. The van der Waals surface area contributed by atoms with Crippen LogP contribution in [0.3, 0.4) is 0 Å². The van der Waals surface area contributed by atoms with Gasteiger partial charge in [-0.15, -0.1) is 0 Å². The van der Waals surface area contributed by atoms with E-state index in [4.69, 9.17) is 4.74 Å². The second-order valence-electron chi connectivity index (χ2n) is 5.27. The van der Waals surface area contributed by atoms with E-state index in [2.05, 4.69) is 13.8 Å². The topological polar surface area (TPSA) is 26.3 Å². The average Bonchev–Trinajstić information content (AvgIpc) is 2.45. The normalized spacial score (nSPS) is 12.3. The van der Waals surface area contributed by atoms with Gasteiger partial charge in [0.25, 0.3) is 0 Å². The zero-order valence-corrected chi connectivity index (χ0v) is 12.5. The molecular weight excluding hydrogens is 255 g/mol. The summed E-state index contributed by atoms with van der Waals surface area (Å²) in [4.78, 5) is 11.8. The van der Waals surface area contributed by atoms with Gasteiger partial charge in [0.15, 0.2) is 5.78 Å². The van der Waals surface area contributed by atoms with Crippen LogP contribution in [0.5, 0.6) is 0 Å². The van der Waals surface area contributed by atoms with Gasteiger partial charge in [-0.2, -0.15) is 0 Å². The van der Waals surface area contributed by atoms with Crippen LogP contribution >= 0.6 is 0 Å². The van der Waals surface area contributed by atoms with E-state index in [0.29, 0.717) is 18.9 Å². The summed E-state index contributed by atoms with van der Waals surface area (Å²) < 4.78 is 18.3. The number of ketones is 1. The highest BCUT2D eigenvalue weighted by molar-refractivity contribution is 5.82. The maximum absolute atomic E-state index is 12.7. The van der Waals surface area contributed by atoms with E-state index >= 15 is 0 Å². The van der Waals surface area contributed by atoms with Gasteiger partial charge in [0.1, 0.15) is 12.4 Å². The Morgan fingerprint density at radius 2 is 1.95 bits per heavy atom. The number of rotatable bonds is 10. The van der Waals surface area contributed by atoms with Crippen LogP contribution < -0.4 is 0 Å². The number of carbonyl (C=O) groups excluding carboxylic acids is 1. The van der Waals surface area contributed by atoms with Crippen LogP contribution in [-0.2, 0) is 16.0 Å². The average molecular weight is 280 g/mol. The van der Waals surface area contributed by atoms with E-state index in [0.717, 1.165) is 12.0 Å². The van der Waals surface area contributed by atoms with E-state index < -0.39 is 0 Å². The van der Waals surface area contributed by atoms with Gasteiger partial charge in [-0.1, -0.05) is 45.2 Å². The lowest BCUT2D eigenvalue weighted by molar-refractivity contribution is -0.123. The number of benzene rings is 1. The van der Waals surface area contributed by atoms with E-state index in [9.17, 15) is 9.18 Å². The fourth-order valence-corrected chi connectivity index (χ4v) is 2.12. The number of ether oxygens (including phenoxy) is 1. The molecule has 0 heterocycles. The molecule has 0 N–H and O–H groups in total. The Labute approximate surface area is 121 Å². The molecule has 0 fully saturated rings. The van der Waals surface area contributed by atoms with Crippen molar-refractivity contribution in [3.8, 4) is 0 Å². The lowest BCUT2D eigenvalue weighted by Crippen LogP contribution is -2.16. The van der Waals surface area contributed by atoms with Gasteiger partial charge in [0.2, 0.25) is 0 Å². The predicted molar refractivity (Wildman–Crippen MR) is 79.2 cm³/mol. The van der Waals surface area contributed by atoms with Gasteiger partial charge < -0.3 is 4.74 Å². The molecule has 0 radical (unpaired) electrons. The van der Waals surface area contributed by atoms with Crippen LogP contribution in [0.4, 0.5) is 4.39 Å². The van der Waals surface area contributed by atoms with Crippen LogP contribution in [0.1, 0.15) is 45.1 Å². The van der Waals surface area contributed by atoms with Crippen LogP contribution in [0.25, 0.3) is 0 Å². The third kappa shape index (κ3) is 6.80. The van der Waals surface area contributed by atoms with Crippen LogP contribution in [-0.4, -0.2) is 19.0 Å². The highest BCUT2D eigenvalue weighted by Crippen LogP contribution is 2.13. The minimum Gasteiger partial charge on any atom is -0.373 e. The van der Waals surface area contributed by atoms with Crippen molar-refractivity contribution < 1.29 is 13.9 Å². The molecule has 0 aliphatic rings. The van der Waals surface area contributed by atoms with E-state index in [1.54, 1.807) is 12.1 Å². The van der Waals surface area contributed by atoms with Gasteiger partial charge in [-0.25, -0.2) is 4.39 Å². The highest BCUT2D eigenvalue weighted by atomic mass is 19.1. The maximum Gasteiger partial charge on any atom is 0.162 e. The minimum atomic E-state index is -0.279. The van der Waals surface area contributed by atoms with Gasteiger partial charge in [-0.3, -0.25) is 4.79 Å². The molecule has 2 nitrogen and oxygen atoms in total. The molecule has 0 aliphatic heterocycles. The molecule has 1 aromatic rings. The quantitative estimate of drug-likeness (QED) is 0.643. The smallest absolute Gasteiger partial charge is 0.162 e. The molecule has 1 atom stereocenters. The van der Waals surface area contributed by atoms with E-state index in [1.165, 1.54) is 31.4 Å². The zero-order valence-electron chi connectivity index (χ0n) is 12.5. The summed E-state index contributed by atoms with van der Waals surface area (Å²) in [5, 5.41) is 0. The molecule has 0 spiro atoms. The summed E-state index contributed by atoms with van der Waals surface area (Å²) in [6.07, 6.45) is 4.97. The van der Waals surface area contributed by atoms with Gasteiger partial charge in [-0.05, 0) is 30.0 Å². The lowest BCUT2D eigenvalue weighted by Gasteiger charge is -2.14. The molecule has 0 aliphatic carbocycles. The highest BCUT2D eigenvalue weighted by Gasteiger charge is 2.08. The number of halogens is 1. The predicted octanol–water partition coefficient (Wildman–Crippen LogP) is 4.17. The number of unbranched alkanes of at least 4 members (excludes halogenated alkanes) is 1.